The van der Waals surface area contributed by atoms with Gasteiger partial charge in [0, 0.05) is 5.69 Å². The van der Waals surface area contributed by atoms with Gasteiger partial charge in [-0.3, -0.25) is 4.79 Å². The van der Waals surface area contributed by atoms with Crippen LogP contribution in [0.5, 0.6) is 0 Å². The Morgan fingerprint density at radius 2 is 1.83 bits per heavy atom. The van der Waals surface area contributed by atoms with E-state index < -0.39 is 5.41 Å². The number of benzene rings is 1. The minimum absolute atomic E-state index is 0.0566. The molecule has 0 aromatic heterocycles. The lowest BCUT2D eigenvalue weighted by Gasteiger charge is -2.19. The molecule has 0 aliphatic heterocycles. The van der Waals surface area contributed by atoms with Gasteiger partial charge < -0.3 is 10.4 Å². The molecule has 2 rings (SSSR count). The number of rotatable bonds is 3. The van der Waals surface area contributed by atoms with E-state index in [0.29, 0.717) is 0 Å². The van der Waals surface area contributed by atoms with Crippen LogP contribution in [0.4, 0.5) is 5.69 Å². The average molecular weight is 247 g/mol. The molecule has 18 heavy (non-hydrogen) atoms. The van der Waals surface area contributed by atoms with E-state index in [0.717, 1.165) is 18.5 Å². The molecular weight excluding hydrogens is 226 g/mol. The van der Waals surface area contributed by atoms with Crippen LogP contribution < -0.4 is 5.32 Å². The Labute approximate surface area is 108 Å². The van der Waals surface area contributed by atoms with Gasteiger partial charge in [-0.25, -0.2) is 0 Å². The van der Waals surface area contributed by atoms with Crippen molar-refractivity contribution < 1.29 is 9.90 Å². The van der Waals surface area contributed by atoms with E-state index in [2.05, 4.69) is 26.1 Å². The number of nitrogens with one attached hydrogen (secondary N) is 1. The van der Waals surface area contributed by atoms with Crippen molar-refractivity contribution in [3.05, 3.63) is 29.8 Å². The fourth-order valence-electron chi connectivity index (χ4n) is 1.93. The SMILES string of the molecule is CC(C)(C)c1ccc(NC(=O)C2(CO)CC2)cc1. The third kappa shape index (κ3) is 2.56. The molecule has 1 aromatic rings. The van der Waals surface area contributed by atoms with Gasteiger partial charge in [0.1, 0.15) is 0 Å². The van der Waals surface area contributed by atoms with Crippen molar-refractivity contribution in [2.45, 2.75) is 39.0 Å². The molecule has 0 unspecified atom stereocenters. The van der Waals surface area contributed by atoms with Crippen molar-refractivity contribution in [3.63, 3.8) is 0 Å². The highest BCUT2D eigenvalue weighted by atomic mass is 16.3. The summed E-state index contributed by atoms with van der Waals surface area (Å²) < 4.78 is 0. The second kappa shape index (κ2) is 4.39. The van der Waals surface area contributed by atoms with Gasteiger partial charge in [-0.1, -0.05) is 32.9 Å². The Morgan fingerprint density at radius 3 is 2.22 bits per heavy atom. The monoisotopic (exact) mass is 247 g/mol. The lowest BCUT2D eigenvalue weighted by molar-refractivity contribution is -0.122. The summed E-state index contributed by atoms with van der Waals surface area (Å²) in [7, 11) is 0. The first-order valence-electron chi connectivity index (χ1n) is 6.40. The van der Waals surface area contributed by atoms with E-state index in [1.54, 1.807) is 0 Å². The molecule has 3 heteroatoms. The van der Waals surface area contributed by atoms with Gasteiger partial charge >= 0.3 is 0 Å². The highest BCUT2D eigenvalue weighted by Gasteiger charge is 2.49. The quantitative estimate of drug-likeness (QED) is 0.862. The van der Waals surface area contributed by atoms with Crippen LogP contribution in [0.15, 0.2) is 24.3 Å². The fourth-order valence-corrected chi connectivity index (χ4v) is 1.93. The van der Waals surface area contributed by atoms with Gasteiger partial charge in [-0.2, -0.15) is 0 Å². The molecule has 0 saturated heterocycles. The number of amides is 1. The van der Waals surface area contributed by atoms with Crippen LogP contribution in [0.3, 0.4) is 0 Å². The molecule has 3 nitrogen and oxygen atoms in total. The normalized spacial score (nSPS) is 17.3. The number of hydrogen-bond donors (Lipinski definition) is 2. The molecule has 0 atom stereocenters. The van der Waals surface area contributed by atoms with E-state index in [9.17, 15) is 9.90 Å². The number of carbonyl (C=O) groups is 1. The average Bonchev–Trinajstić information content (AvgIpc) is 3.09. The minimum Gasteiger partial charge on any atom is -0.395 e. The highest BCUT2D eigenvalue weighted by molar-refractivity contribution is 5.97. The summed E-state index contributed by atoms with van der Waals surface area (Å²) in [5.74, 6) is -0.0616. The molecule has 1 saturated carbocycles. The Morgan fingerprint density at radius 1 is 1.28 bits per heavy atom. The van der Waals surface area contributed by atoms with Crippen molar-refractivity contribution in [1.82, 2.24) is 0 Å². The van der Waals surface area contributed by atoms with Crippen LogP contribution >= 0.6 is 0 Å². The van der Waals surface area contributed by atoms with Gasteiger partial charge in [0.15, 0.2) is 0 Å². The molecule has 0 radical (unpaired) electrons. The first-order chi connectivity index (χ1) is 8.37. The van der Waals surface area contributed by atoms with Crippen LogP contribution in [0.1, 0.15) is 39.2 Å². The number of hydrogen-bond acceptors (Lipinski definition) is 2. The number of anilines is 1. The second-order valence-electron chi connectivity index (χ2n) is 6.22. The van der Waals surface area contributed by atoms with Gasteiger partial charge in [0.2, 0.25) is 5.91 Å². The molecule has 1 aromatic carbocycles. The van der Waals surface area contributed by atoms with E-state index >= 15 is 0 Å². The first-order valence-corrected chi connectivity index (χ1v) is 6.40. The van der Waals surface area contributed by atoms with Crippen LogP contribution in [0.2, 0.25) is 0 Å². The summed E-state index contributed by atoms with van der Waals surface area (Å²) in [6, 6.07) is 7.92. The molecule has 1 amide bonds. The molecule has 0 spiro atoms. The van der Waals surface area contributed by atoms with Crippen molar-refractivity contribution in [2.75, 3.05) is 11.9 Å². The maximum absolute atomic E-state index is 11.9. The summed E-state index contributed by atoms with van der Waals surface area (Å²) >= 11 is 0. The summed E-state index contributed by atoms with van der Waals surface area (Å²) in [6.45, 7) is 6.42. The molecule has 98 valence electrons. The number of aliphatic hydroxyl groups excluding tert-OH is 1. The number of carbonyl (C=O) groups excluding carboxylic acids is 1. The van der Waals surface area contributed by atoms with E-state index in [1.165, 1.54) is 5.56 Å². The molecular formula is C15H21NO2. The van der Waals surface area contributed by atoms with E-state index in [4.69, 9.17) is 0 Å². The van der Waals surface area contributed by atoms with Gasteiger partial charge in [-0.15, -0.1) is 0 Å². The second-order valence-corrected chi connectivity index (χ2v) is 6.22. The topological polar surface area (TPSA) is 49.3 Å². The third-order valence-corrected chi connectivity index (χ3v) is 3.65. The van der Waals surface area contributed by atoms with Crippen LogP contribution in [0, 0.1) is 5.41 Å². The maximum atomic E-state index is 11.9. The standard InChI is InChI=1S/C15H21NO2/c1-14(2,3)11-4-6-12(7-5-11)16-13(18)15(10-17)8-9-15/h4-7,17H,8-10H2,1-3H3,(H,16,18). The predicted molar refractivity (Wildman–Crippen MR) is 72.5 cm³/mol. The van der Waals surface area contributed by atoms with Crippen LogP contribution in [0.25, 0.3) is 0 Å². The summed E-state index contributed by atoms with van der Waals surface area (Å²) in [4.78, 5) is 11.9. The summed E-state index contributed by atoms with van der Waals surface area (Å²) in [6.07, 6.45) is 1.57. The fraction of sp³-hybridized carbons (Fsp3) is 0.533. The summed E-state index contributed by atoms with van der Waals surface area (Å²) in [5.41, 5.74) is 1.64. The third-order valence-electron chi connectivity index (χ3n) is 3.65. The predicted octanol–water partition coefficient (Wildman–Crippen LogP) is 2.70. The molecule has 1 fully saturated rings. The zero-order valence-corrected chi connectivity index (χ0v) is 11.3. The Hall–Kier alpha value is -1.35. The first kappa shape index (κ1) is 13.1. The van der Waals surface area contributed by atoms with E-state index in [-0.39, 0.29) is 17.9 Å². The maximum Gasteiger partial charge on any atom is 0.232 e. The molecule has 0 heterocycles. The Kier molecular flexibility index (Phi) is 3.20. The largest absolute Gasteiger partial charge is 0.395 e. The molecule has 1 aliphatic carbocycles. The van der Waals surface area contributed by atoms with Crippen LogP contribution in [-0.2, 0) is 10.2 Å². The molecule has 2 N–H and O–H groups in total. The van der Waals surface area contributed by atoms with Crippen molar-refractivity contribution in [2.24, 2.45) is 5.41 Å². The lowest BCUT2D eigenvalue weighted by Crippen LogP contribution is -2.27. The zero-order chi connectivity index (χ0) is 13.4. The van der Waals surface area contributed by atoms with Gasteiger partial charge in [0.05, 0.1) is 12.0 Å². The molecule has 0 bridgehead atoms. The van der Waals surface area contributed by atoms with Crippen LogP contribution in [-0.4, -0.2) is 17.6 Å². The van der Waals surface area contributed by atoms with Gasteiger partial charge in [-0.05, 0) is 36.0 Å². The van der Waals surface area contributed by atoms with Crippen molar-refractivity contribution in [3.8, 4) is 0 Å². The van der Waals surface area contributed by atoms with E-state index in [1.807, 2.05) is 24.3 Å². The Bertz CT molecular complexity index is 439. The smallest absolute Gasteiger partial charge is 0.232 e. The minimum atomic E-state index is -0.511. The Balaban J connectivity index is 2.05. The van der Waals surface area contributed by atoms with Gasteiger partial charge in [0.25, 0.3) is 0 Å². The molecule has 1 aliphatic rings. The summed E-state index contributed by atoms with van der Waals surface area (Å²) in [5, 5.41) is 12.1. The number of aliphatic hydroxyl groups is 1. The van der Waals surface area contributed by atoms with Crippen molar-refractivity contribution in [1.29, 1.82) is 0 Å². The zero-order valence-electron chi connectivity index (χ0n) is 11.3. The van der Waals surface area contributed by atoms with Crippen molar-refractivity contribution >= 4 is 11.6 Å². The lowest BCUT2D eigenvalue weighted by atomic mass is 9.87. The highest BCUT2D eigenvalue weighted by Crippen LogP contribution is 2.45.